The molecule has 7 heteroatoms. The van der Waals surface area contributed by atoms with Crippen LogP contribution in [-0.4, -0.2) is 31.1 Å². The predicted molar refractivity (Wildman–Crippen MR) is 150 cm³/mol. The lowest BCUT2D eigenvalue weighted by Crippen LogP contribution is -2.10. The minimum atomic E-state index is -0.532. The Morgan fingerprint density at radius 1 is 0.692 bits per heavy atom. The first-order valence-corrected chi connectivity index (χ1v) is 13.1. The van der Waals surface area contributed by atoms with Crippen LogP contribution in [-0.2, 0) is 16.0 Å². The van der Waals surface area contributed by atoms with E-state index in [-0.39, 0.29) is 6.61 Å². The molecular formula is C32H36O7. The van der Waals surface area contributed by atoms with Gasteiger partial charge in [0.1, 0.15) is 17.2 Å². The van der Waals surface area contributed by atoms with Gasteiger partial charge in [-0.1, -0.05) is 45.9 Å². The third kappa shape index (κ3) is 10.9. The Bertz CT molecular complexity index is 1180. The summed E-state index contributed by atoms with van der Waals surface area (Å²) in [6, 6.07) is 20.2. The standard InChI is InChI=1S/C30H30O7.C2H6/c1-3-5-7-22-8-10-23(11-9-22)29(32)36-26-16-18-27(19-17-26)37-30(33)24-12-14-25(15-13-24)34-20-6-21-35-28(31)4-2;1-2/h4,8-19H,2-3,5-7,20-21H2,1H3;1-2H3. The van der Waals surface area contributed by atoms with Crippen molar-refractivity contribution >= 4 is 17.9 Å². The molecule has 0 heterocycles. The molecule has 206 valence electrons. The zero-order valence-electron chi connectivity index (χ0n) is 22.8. The van der Waals surface area contributed by atoms with Gasteiger partial charge in [0, 0.05) is 12.5 Å². The highest BCUT2D eigenvalue weighted by molar-refractivity contribution is 5.92. The van der Waals surface area contributed by atoms with Gasteiger partial charge in [-0.3, -0.25) is 0 Å². The first-order valence-electron chi connectivity index (χ1n) is 13.1. The summed E-state index contributed by atoms with van der Waals surface area (Å²) in [5.41, 5.74) is 2.01. The lowest BCUT2D eigenvalue weighted by atomic mass is 10.1. The Balaban J connectivity index is 0.00000260. The van der Waals surface area contributed by atoms with Gasteiger partial charge in [0.05, 0.1) is 24.3 Å². The molecule has 0 fully saturated rings. The third-order valence-electron chi connectivity index (χ3n) is 5.31. The molecule has 3 rings (SSSR count). The van der Waals surface area contributed by atoms with Gasteiger partial charge in [-0.25, -0.2) is 14.4 Å². The Hall–Kier alpha value is -4.39. The molecule has 39 heavy (non-hydrogen) atoms. The van der Waals surface area contributed by atoms with Crippen molar-refractivity contribution in [1.82, 2.24) is 0 Å². The number of ether oxygens (including phenoxy) is 4. The summed E-state index contributed by atoms with van der Waals surface area (Å²) >= 11 is 0. The summed E-state index contributed by atoms with van der Waals surface area (Å²) in [4.78, 5) is 35.8. The van der Waals surface area contributed by atoms with E-state index in [1.165, 1.54) is 5.56 Å². The molecule has 0 bridgehead atoms. The number of benzene rings is 3. The molecular weight excluding hydrogens is 496 g/mol. The Labute approximate surface area is 230 Å². The minimum absolute atomic E-state index is 0.236. The number of unbranched alkanes of at least 4 members (excludes halogenated alkanes) is 1. The van der Waals surface area contributed by atoms with Crippen LogP contribution < -0.4 is 14.2 Å². The predicted octanol–water partition coefficient (Wildman–Crippen LogP) is 6.99. The monoisotopic (exact) mass is 532 g/mol. The second-order valence-corrected chi connectivity index (χ2v) is 8.15. The average Bonchev–Trinajstić information content (AvgIpc) is 2.98. The second-order valence-electron chi connectivity index (χ2n) is 8.15. The van der Waals surface area contributed by atoms with Crippen LogP contribution in [0.15, 0.2) is 85.5 Å². The van der Waals surface area contributed by atoms with Gasteiger partial charge >= 0.3 is 17.9 Å². The van der Waals surface area contributed by atoms with Crippen molar-refractivity contribution in [1.29, 1.82) is 0 Å². The van der Waals surface area contributed by atoms with Crippen molar-refractivity contribution in [2.45, 2.75) is 46.5 Å². The number of hydrogen-bond donors (Lipinski definition) is 0. The van der Waals surface area contributed by atoms with E-state index >= 15 is 0 Å². The van der Waals surface area contributed by atoms with Gasteiger partial charge in [-0.2, -0.15) is 0 Å². The third-order valence-corrected chi connectivity index (χ3v) is 5.31. The molecule has 0 aliphatic heterocycles. The summed E-state index contributed by atoms with van der Waals surface area (Å²) in [6.45, 7) is 10.1. The maximum atomic E-state index is 12.5. The highest BCUT2D eigenvalue weighted by Crippen LogP contribution is 2.21. The topological polar surface area (TPSA) is 88.1 Å². The summed E-state index contributed by atoms with van der Waals surface area (Å²) in [5.74, 6) is -0.210. The Kier molecular flexibility index (Phi) is 13.6. The lowest BCUT2D eigenvalue weighted by Gasteiger charge is -2.09. The first-order chi connectivity index (χ1) is 19.0. The zero-order chi connectivity index (χ0) is 28.5. The van der Waals surface area contributed by atoms with Gasteiger partial charge in [0.15, 0.2) is 0 Å². The zero-order valence-corrected chi connectivity index (χ0v) is 22.8. The number of hydrogen-bond acceptors (Lipinski definition) is 7. The van der Waals surface area contributed by atoms with E-state index in [4.69, 9.17) is 18.9 Å². The molecule has 0 saturated carbocycles. The van der Waals surface area contributed by atoms with Crippen LogP contribution in [0.5, 0.6) is 17.2 Å². The van der Waals surface area contributed by atoms with Crippen molar-refractivity contribution in [3.63, 3.8) is 0 Å². The molecule has 0 aliphatic rings. The number of aryl methyl sites for hydroxylation is 1. The number of esters is 3. The van der Waals surface area contributed by atoms with E-state index in [0.717, 1.165) is 25.3 Å². The molecule has 0 radical (unpaired) electrons. The summed E-state index contributed by atoms with van der Waals surface area (Å²) in [6.07, 6.45) is 4.85. The molecule has 3 aromatic carbocycles. The van der Waals surface area contributed by atoms with Crippen LogP contribution in [0.3, 0.4) is 0 Å². The lowest BCUT2D eigenvalue weighted by molar-refractivity contribution is -0.137. The van der Waals surface area contributed by atoms with Crippen molar-refractivity contribution in [3.8, 4) is 17.2 Å². The van der Waals surface area contributed by atoms with E-state index in [9.17, 15) is 14.4 Å². The highest BCUT2D eigenvalue weighted by atomic mass is 16.5. The number of carbonyl (C=O) groups is 3. The summed E-state index contributed by atoms with van der Waals surface area (Å²) in [7, 11) is 0. The van der Waals surface area contributed by atoms with Crippen LogP contribution in [0.25, 0.3) is 0 Å². The molecule has 3 aromatic rings. The van der Waals surface area contributed by atoms with Gasteiger partial charge < -0.3 is 18.9 Å². The molecule has 0 N–H and O–H groups in total. The first kappa shape index (κ1) is 30.8. The van der Waals surface area contributed by atoms with Gasteiger partial charge in [0.2, 0.25) is 0 Å². The molecule has 0 aliphatic carbocycles. The maximum Gasteiger partial charge on any atom is 0.343 e. The van der Waals surface area contributed by atoms with Crippen molar-refractivity contribution < 1.29 is 33.3 Å². The smallest absolute Gasteiger partial charge is 0.343 e. The molecule has 0 atom stereocenters. The number of carbonyl (C=O) groups excluding carboxylic acids is 3. The summed E-state index contributed by atoms with van der Waals surface area (Å²) in [5, 5.41) is 0. The van der Waals surface area contributed by atoms with Crippen molar-refractivity contribution in [2.75, 3.05) is 13.2 Å². The minimum Gasteiger partial charge on any atom is -0.493 e. The van der Waals surface area contributed by atoms with Gasteiger partial charge in [0.25, 0.3) is 0 Å². The highest BCUT2D eigenvalue weighted by Gasteiger charge is 2.11. The Morgan fingerprint density at radius 3 is 1.67 bits per heavy atom. The van der Waals surface area contributed by atoms with Crippen molar-refractivity contribution in [3.05, 3.63) is 102 Å². The molecule has 0 saturated heterocycles. The van der Waals surface area contributed by atoms with Crippen LogP contribution in [0.1, 0.15) is 66.3 Å². The fourth-order valence-electron chi connectivity index (χ4n) is 3.26. The van der Waals surface area contributed by atoms with E-state index in [1.807, 2.05) is 26.0 Å². The van der Waals surface area contributed by atoms with Crippen LogP contribution in [0.4, 0.5) is 0 Å². The van der Waals surface area contributed by atoms with Crippen molar-refractivity contribution in [2.24, 2.45) is 0 Å². The maximum absolute atomic E-state index is 12.5. The second kappa shape index (κ2) is 17.2. The fraction of sp³-hybridized carbons (Fsp3) is 0.281. The molecule has 0 spiro atoms. The van der Waals surface area contributed by atoms with Gasteiger partial charge in [-0.15, -0.1) is 0 Å². The van der Waals surface area contributed by atoms with E-state index in [2.05, 4.69) is 13.5 Å². The largest absolute Gasteiger partial charge is 0.493 e. The number of rotatable bonds is 13. The SMILES string of the molecule is C=CC(=O)OCCCOc1ccc(C(=O)Oc2ccc(OC(=O)c3ccc(CCCC)cc3)cc2)cc1.CC. The van der Waals surface area contributed by atoms with E-state index in [1.54, 1.807) is 60.7 Å². The molecule has 0 unspecified atom stereocenters. The normalized spacial score (nSPS) is 9.92. The average molecular weight is 533 g/mol. The van der Waals surface area contributed by atoms with Crippen LogP contribution >= 0.6 is 0 Å². The quantitative estimate of drug-likeness (QED) is 0.101. The molecule has 7 nitrogen and oxygen atoms in total. The fourth-order valence-corrected chi connectivity index (χ4v) is 3.26. The van der Waals surface area contributed by atoms with Gasteiger partial charge in [-0.05, 0) is 79.1 Å². The van der Waals surface area contributed by atoms with Crippen LogP contribution in [0.2, 0.25) is 0 Å². The summed E-state index contributed by atoms with van der Waals surface area (Å²) < 4.78 is 21.3. The Morgan fingerprint density at radius 2 is 1.18 bits per heavy atom. The molecule has 0 aromatic heterocycles. The molecule has 0 amide bonds. The van der Waals surface area contributed by atoms with E-state index < -0.39 is 17.9 Å². The van der Waals surface area contributed by atoms with E-state index in [0.29, 0.717) is 41.4 Å². The van der Waals surface area contributed by atoms with Crippen LogP contribution in [0, 0.1) is 0 Å².